The summed E-state index contributed by atoms with van der Waals surface area (Å²) in [6.07, 6.45) is 76.6. The van der Waals surface area contributed by atoms with E-state index >= 15 is 0 Å². The fraction of sp³-hybridized carbons (Fsp3) is 0.827. The Bertz CT molecular complexity index is 2160. The van der Waals surface area contributed by atoms with Gasteiger partial charge in [0.15, 0.2) is 0 Å². The predicted octanol–water partition coefficient (Wildman–Crippen LogP) is 29.9. The molecular formula is C81H142N2O2S3. The van der Waals surface area contributed by atoms with Gasteiger partial charge >= 0.3 is 0 Å². The topological polar surface area (TPSA) is 44.2 Å². The zero-order valence-corrected chi connectivity index (χ0v) is 62.0. The number of hydrogen-bond acceptors (Lipinski definition) is 7. The first kappa shape index (κ1) is 78.6. The Morgan fingerprint density at radius 1 is 0.352 bits per heavy atom. The van der Waals surface area contributed by atoms with Gasteiger partial charge in [0, 0.05) is 33.1 Å². The highest BCUT2D eigenvalue weighted by Crippen LogP contribution is 2.54. The standard InChI is InChI=1S/C81H142N2O2S3/c1-9-14-18-22-26-30-34-38-42-46-50-54-58-64-80(7,65-59-55-51-47-43-39-35-31-27-23-19-15-10-2)71-62-68-86-78(71)74-76-75(82-88-83-76)73(70(6)77(74)84-8)79-72(63-69-87-79)81(85-13-5,66-60-56-52-48-44-40-36-32-28-24-20-16-11-3)67-61-57-53-49-45-41-37-33-29-25-21-17-12-4/h62-63,68-69H,9-61,64-67H2,1-8H3. The van der Waals surface area contributed by atoms with Gasteiger partial charge in [0.2, 0.25) is 0 Å². The van der Waals surface area contributed by atoms with Crippen LogP contribution >= 0.6 is 34.4 Å². The molecule has 1 aromatic carbocycles. The summed E-state index contributed by atoms with van der Waals surface area (Å²) in [5, 5.41) is 4.74. The van der Waals surface area contributed by atoms with E-state index in [1.54, 1.807) is 0 Å². The number of benzene rings is 1. The molecule has 0 spiro atoms. The molecule has 0 atom stereocenters. The van der Waals surface area contributed by atoms with Crippen LogP contribution in [0.3, 0.4) is 0 Å². The first-order valence-corrected chi connectivity index (χ1v) is 41.5. The van der Waals surface area contributed by atoms with E-state index in [9.17, 15) is 0 Å². The summed E-state index contributed by atoms with van der Waals surface area (Å²) in [6.45, 7) is 17.2. The minimum absolute atomic E-state index is 0.0807. The molecule has 4 aromatic rings. The summed E-state index contributed by atoms with van der Waals surface area (Å²) in [7, 11) is 1.91. The summed E-state index contributed by atoms with van der Waals surface area (Å²) in [6, 6.07) is 4.95. The Labute approximate surface area is 559 Å². The van der Waals surface area contributed by atoms with Crippen molar-refractivity contribution in [1.82, 2.24) is 8.75 Å². The van der Waals surface area contributed by atoms with Gasteiger partial charge in [-0.3, -0.25) is 0 Å². The van der Waals surface area contributed by atoms with Gasteiger partial charge < -0.3 is 9.47 Å². The molecule has 7 heteroatoms. The molecule has 88 heavy (non-hydrogen) atoms. The summed E-state index contributed by atoms with van der Waals surface area (Å²) in [5.41, 5.74) is 8.29. The molecule has 3 heterocycles. The van der Waals surface area contributed by atoms with Crippen molar-refractivity contribution in [2.45, 2.75) is 419 Å². The van der Waals surface area contributed by atoms with E-state index in [2.05, 4.69) is 71.4 Å². The van der Waals surface area contributed by atoms with Crippen molar-refractivity contribution in [3.63, 3.8) is 0 Å². The Morgan fingerprint density at radius 2 is 0.625 bits per heavy atom. The Hall–Kier alpha value is -1.80. The van der Waals surface area contributed by atoms with E-state index in [1.165, 1.54) is 396 Å². The number of nitrogens with zero attached hydrogens (tertiary/aromatic N) is 2. The molecule has 0 bridgehead atoms. The van der Waals surface area contributed by atoms with Crippen LogP contribution in [0.25, 0.3) is 31.9 Å². The quantitative estimate of drug-likeness (QED) is 0.0413. The third kappa shape index (κ3) is 30.5. The molecule has 0 N–H and O–H groups in total. The third-order valence-corrected chi connectivity index (χ3v) is 22.9. The first-order chi connectivity index (χ1) is 43.4. The van der Waals surface area contributed by atoms with Gasteiger partial charge in [-0.05, 0) is 73.4 Å². The van der Waals surface area contributed by atoms with E-state index < -0.39 is 0 Å². The van der Waals surface area contributed by atoms with E-state index in [-0.39, 0.29) is 11.0 Å². The fourth-order valence-electron chi connectivity index (χ4n) is 14.9. The number of rotatable bonds is 63. The molecule has 506 valence electrons. The van der Waals surface area contributed by atoms with E-state index in [0.717, 1.165) is 36.2 Å². The van der Waals surface area contributed by atoms with Crippen LogP contribution in [0.2, 0.25) is 0 Å². The first-order valence-electron chi connectivity index (χ1n) is 39.0. The summed E-state index contributed by atoms with van der Waals surface area (Å²) >= 11 is 5.19. The second kappa shape index (κ2) is 51.6. The number of aromatic nitrogens is 2. The molecule has 0 saturated carbocycles. The van der Waals surface area contributed by atoms with Crippen LogP contribution in [0.5, 0.6) is 5.75 Å². The van der Waals surface area contributed by atoms with Gasteiger partial charge in [-0.1, -0.05) is 369 Å². The third-order valence-electron chi connectivity index (χ3n) is 20.5. The normalized spacial score (nSPS) is 12.2. The van der Waals surface area contributed by atoms with Crippen LogP contribution in [0.4, 0.5) is 0 Å². The van der Waals surface area contributed by atoms with Gasteiger partial charge in [-0.15, -0.1) is 22.7 Å². The van der Waals surface area contributed by atoms with Crippen molar-refractivity contribution in [3.8, 4) is 26.6 Å². The lowest BCUT2D eigenvalue weighted by molar-refractivity contribution is -0.0600. The highest BCUT2D eigenvalue weighted by molar-refractivity contribution is 7.14. The monoisotopic (exact) mass is 1270 g/mol. The highest BCUT2D eigenvalue weighted by Gasteiger charge is 2.38. The Balaban J connectivity index is 1.56. The minimum Gasteiger partial charge on any atom is -0.496 e. The molecule has 4 nitrogen and oxygen atoms in total. The predicted molar refractivity (Wildman–Crippen MR) is 397 cm³/mol. The van der Waals surface area contributed by atoms with Crippen molar-refractivity contribution in [3.05, 3.63) is 39.6 Å². The average Bonchev–Trinajstić information content (AvgIpc) is 1.54. The fourth-order valence-corrected chi connectivity index (χ4v) is 17.6. The largest absolute Gasteiger partial charge is 0.496 e. The maximum atomic E-state index is 7.29. The number of hydrogen-bond donors (Lipinski definition) is 0. The Kier molecular flexibility index (Phi) is 46.1. The minimum atomic E-state index is -0.336. The molecule has 3 aromatic heterocycles. The zero-order chi connectivity index (χ0) is 62.9. The van der Waals surface area contributed by atoms with Gasteiger partial charge in [0.25, 0.3) is 0 Å². The highest BCUT2D eigenvalue weighted by atomic mass is 32.1. The number of fused-ring (bicyclic) bond motifs is 1. The van der Waals surface area contributed by atoms with Crippen LogP contribution in [0.1, 0.15) is 418 Å². The van der Waals surface area contributed by atoms with Crippen molar-refractivity contribution in [2.75, 3.05) is 13.7 Å². The van der Waals surface area contributed by atoms with Crippen LogP contribution in [-0.4, -0.2) is 22.5 Å². The molecule has 0 aliphatic heterocycles. The molecule has 0 unspecified atom stereocenters. The van der Waals surface area contributed by atoms with Gasteiger partial charge in [0.05, 0.1) is 30.0 Å². The SMILES string of the molecule is CCCCCCCCCCCCCCCC(C)(CCCCCCCCCCCCCCC)c1ccsc1-c1c(OC)c(C)c(-c2sccc2C(CCCCCCCCCCCCCCC)(CCCCCCCCCCCCCCC)OCC)c2nsnc12. The lowest BCUT2D eigenvalue weighted by Crippen LogP contribution is -2.30. The van der Waals surface area contributed by atoms with Crippen molar-refractivity contribution in [2.24, 2.45) is 0 Å². The van der Waals surface area contributed by atoms with Crippen LogP contribution in [-0.2, 0) is 15.8 Å². The lowest BCUT2D eigenvalue weighted by atomic mass is 9.73. The second-order valence-electron chi connectivity index (χ2n) is 28.2. The molecular weight excluding hydrogens is 1130 g/mol. The lowest BCUT2D eigenvalue weighted by Gasteiger charge is -2.35. The van der Waals surface area contributed by atoms with Crippen LogP contribution < -0.4 is 4.74 Å². The van der Waals surface area contributed by atoms with Crippen LogP contribution in [0.15, 0.2) is 22.9 Å². The van der Waals surface area contributed by atoms with Crippen LogP contribution in [0, 0.1) is 6.92 Å². The maximum Gasteiger partial charge on any atom is 0.133 e. The van der Waals surface area contributed by atoms with E-state index in [4.69, 9.17) is 18.2 Å². The molecule has 0 aliphatic rings. The van der Waals surface area contributed by atoms with Gasteiger partial charge in [-0.2, -0.15) is 8.75 Å². The molecule has 0 fully saturated rings. The van der Waals surface area contributed by atoms with Crippen molar-refractivity contribution >= 4 is 45.4 Å². The molecule has 4 rings (SSSR count). The van der Waals surface area contributed by atoms with Crippen molar-refractivity contribution in [1.29, 1.82) is 0 Å². The summed E-state index contributed by atoms with van der Waals surface area (Å²) in [5.74, 6) is 0.984. The number of unbranched alkanes of at least 4 members (excludes halogenated alkanes) is 48. The van der Waals surface area contributed by atoms with Crippen molar-refractivity contribution < 1.29 is 9.47 Å². The number of thiophene rings is 2. The number of methoxy groups -OCH3 is 1. The molecule has 0 aliphatic carbocycles. The summed E-state index contributed by atoms with van der Waals surface area (Å²) < 4.78 is 24.6. The van der Waals surface area contributed by atoms with E-state index in [1.807, 2.05) is 29.8 Å². The van der Waals surface area contributed by atoms with Gasteiger partial charge in [-0.25, -0.2) is 0 Å². The molecule has 0 amide bonds. The second-order valence-corrected chi connectivity index (χ2v) is 30.5. The Morgan fingerprint density at radius 3 is 0.932 bits per heavy atom. The molecule has 0 radical (unpaired) electrons. The molecule has 0 saturated heterocycles. The smallest absolute Gasteiger partial charge is 0.133 e. The summed E-state index contributed by atoms with van der Waals surface area (Å²) in [4.78, 5) is 2.68. The van der Waals surface area contributed by atoms with E-state index in [0.29, 0.717) is 0 Å². The average molecular weight is 1270 g/mol. The number of ether oxygens (including phenoxy) is 2. The maximum absolute atomic E-state index is 7.29. The zero-order valence-electron chi connectivity index (χ0n) is 59.6. The van der Waals surface area contributed by atoms with Gasteiger partial charge in [0.1, 0.15) is 16.8 Å².